The van der Waals surface area contributed by atoms with Crippen LogP contribution in [0.5, 0.6) is 0 Å². The molecule has 1 fully saturated rings. The van der Waals surface area contributed by atoms with Crippen LogP contribution in [0.25, 0.3) is 27.8 Å². The van der Waals surface area contributed by atoms with Crippen LogP contribution in [-0.2, 0) is 4.79 Å². The van der Waals surface area contributed by atoms with Crippen LogP contribution in [0.1, 0.15) is 55.3 Å². The van der Waals surface area contributed by atoms with Crippen molar-refractivity contribution < 1.29 is 4.79 Å². The zero-order chi connectivity index (χ0) is 23.1. The molecule has 4 aromatic rings. The standard InChI is InChI=1S/C26H32N6O/c1-16(2)24-21-13-19(18-9-11-31(12-10-18)14-23(33)27-4)6-8-22(21)30-25(24)20-7-5-17(3)32-26(20)28-15-29-32/h5-8,13,15-16,18,30H,9-12,14H2,1-4H3,(H,27,33). The van der Waals surface area contributed by atoms with Crippen molar-refractivity contribution in [2.24, 2.45) is 0 Å². The summed E-state index contributed by atoms with van der Waals surface area (Å²) < 4.78 is 1.91. The van der Waals surface area contributed by atoms with Gasteiger partial charge in [0.2, 0.25) is 5.91 Å². The van der Waals surface area contributed by atoms with E-state index in [0.29, 0.717) is 18.4 Å². The van der Waals surface area contributed by atoms with Crippen LogP contribution in [-0.4, -0.2) is 57.1 Å². The number of nitrogens with one attached hydrogen (secondary N) is 2. The zero-order valence-corrected chi connectivity index (χ0v) is 19.9. The Balaban J connectivity index is 1.50. The summed E-state index contributed by atoms with van der Waals surface area (Å²) in [5.74, 6) is 0.980. The molecule has 7 heteroatoms. The number of hydrogen-bond donors (Lipinski definition) is 2. The van der Waals surface area contributed by atoms with Gasteiger partial charge in [0, 0.05) is 29.2 Å². The molecule has 33 heavy (non-hydrogen) atoms. The molecule has 5 rings (SSSR count). The second-order valence-electron chi connectivity index (χ2n) is 9.48. The van der Waals surface area contributed by atoms with Crippen molar-refractivity contribution in [3.8, 4) is 11.3 Å². The lowest BCUT2D eigenvalue weighted by Crippen LogP contribution is -2.40. The molecular formula is C26H32N6O. The fourth-order valence-corrected chi connectivity index (χ4v) is 5.23. The molecule has 1 aliphatic rings. The minimum atomic E-state index is 0.0918. The molecule has 172 valence electrons. The first-order valence-corrected chi connectivity index (χ1v) is 11.8. The number of aromatic amines is 1. The number of benzene rings is 1. The summed E-state index contributed by atoms with van der Waals surface area (Å²) in [6.45, 7) is 8.97. The van der Waals surface area contributed by atoms with Gasteiger partial charge in [-0.05, 0) is 80.1 Å². The van der Waals surface area contributed by atoms with Crippen LogP contribution in [0.3, 0.4) is 0 Å². The van der Waals surface area contributed by atoms with Crippen LogP contribution >= 0.6 is 0 Å². The van der Waals surface area contributed by atoms with Crippen molar-refractivity contribution in [1.82, 2.24) is 29.8 Å². The van der Waals surface area contributed by atoms with Crippen LogP contribution in [0.4, 0.5) is 0 Å². The van der Waals surface area contributed by atoms with Gasteiger partial charge in [-0.1, -0.05) is 19.9 Å². The van der Waals surface area contributed by atoms with Gasteiger partial charge in [0.1, 0.15) is 6.33 Å². The van der Waals surface area contributed by atoms with Gasteiger partial charge in [-0.2, -0.15) is 5.10 Å². The van der Waals surface area contributed by atoms with E-state index in [-0.39, 0.29) is 5.91 Å². The molecule has 4 heterocycles. The van der Waals surface area contributed by atoms with Crippen LogP contribution < -0.4 is 5.32 Å². The monoisotopic (exact) mass is 444 g/mol. The molecule has 0 unspecified atom stereocenters. The molecule has 0 spiro atoms. The lowest BCUT2D eigenvalue weighted by atomic mass is 9.87. The highest BCUT2D eigenvalue weighted by atomic mass is 16.1. The zero-order valence-electron chi connectivity index (χ0n) is 19.9. The number of aromatic nitrogens is 4. The number of piperidine rings is 1. The van der Waals surface area contributed by atoms with Gasteiger partial charge in [-0.15, -0.1) is 0 Å². The van der Waals surface area contributed by atoms with E-state index < -0.39 is 0 Å². The van der Waals surface area contributed by atoms with Crippen molar-refractivity contribution >= 4 is 22.5 Å². The second-order valence-corrected chi connectivity index (χ2v) is 9.48. The normalized spacial score (nSPS) is 15.7. The van der Waals surface area contributed by atoms with Crippen molar-refractivity contribution in [2.45, 2.75) is 45.4 Å². The van der Waals surface area contributed by atoms with E-state index in [2.05, 4.69) is 69.5 Å². The Morgan fingerprint density at radius 1 is 1.21 bits per heavy atom. The molecule has 1 aliphatic heterocycles. The maximum Gasteiger partial charge on any atom is 0.233 e. The van der Waals surface area contributed by atoms with E-state index >= 15 is 0 Å². The van der Waals surface area contributed by atoms with Crippen molar-refractivity contribution in [1.29, 1.82) is 0 Å². The van der Waals surface area contributed by atoms with Crippen LogP contribution in [0.2, 0.25) is 0 Å². The van der Waals surface area contributed by atoms with Crippen molar-refractivity contribution in [3.05, 3.63) is 53.5 Å². The lowest BCUT2D eigenvalue weighted by Gasteiger charge is -2.31. The smallest absolute Gasteiger partial charge is 0.233 e. The number of likely N-dealkylation sites (tertiary alicyclic amines) is 1. The predicted octanol–water partition coefficient (Wildman–Crippen LogP) is 4.23. The third-order valence-corrected chi connectivity index (χ3v) is 7.03. The van der Waals surface area contributed by atoms with Crippen molar-refractivity contribution in [3.63, 3.8) is 0 Å². The van der Waals surface area contributed by atoms with E-state index in [0.717, 1.165) is 54.0 Å². The molecule has 1 aromatic carbocycles. The van der Waals surface area contributed by atoms with Crippen molar-refractivity contribution in [2.75, 3.05) is 26.7 Å². The van der Waals surface area contributed by atoms with E-state index in [9.17, 15) is 4.79 Å². The Morgan fingerprint density at radius 2 is 2.00 bits per heavy atom. The Labute approximate surface area is 194 Å². The fourth-order valence-electron chi connectivity index (χ4n) is 5.23. The first-order valence-electron chi connectivity index (χ1n) is 11.8. The van der Waals surface area contributed by atoms with E-state index in [1.165, 1.54) is 16.5 Å². The lowest BCUT2D eigenvalue weighted by molar-refractivity contribution is -0.122. The minimum absolute atomic E-state index is 0.0918. The first-order chi connectivity index (χ1) is 16.0. The molecule has 1 amide bonds. The number of nitrogens with zero attached hydrogens (tertiary/aromatic N) is 4. The molecule has 0 radical (unpaired) electrons. The van der Waals surface area contributed by atoms with Gasteiger partial charge in [0.15, 0.2) is 5.65 Å². The predicted molar refractivity (Wildman–Crippen MR) is 132 cm³/mol. The second kappa shape index (κ2) is 8.63. The number of hydrogen-bond acceptors (Lipinski definition) is 4. The molecule has 0 aliphatic carbocycles. The summed E-state index contributed by atoms with van der Waals surface area (Å²) in [5, 5.41) is 8.42. The van der Waals surface area contributed by atoms with Gasteiger partial charge in [0.05, 0.1) is 12.2 Å². The van der Waals surface area contributed by atoms with Gasteiger partial charge < -0.3 is 10.3 Å². The number of likely N-dealkylation sites (N-methyl/N-ethyl adjacent to an activating group) is 1. The number of amides is 1. The summed E-state index contributed by atoms with van der Waals surface area (Å²) in [7, 11) is 1.70. The van der Waals surface area contributed by atoms with E-state index in [1.807, 2.05) is 11.4 Å². The molecule has 2 N–H and O–H groups in total. The SMILES string of the molecule is CNC(=O)CN1CCC(c2ccc3[nH]c(-c4ccc(C)n5ncnc45)c(C(C)C)c3c2)CC1. The number of carbonyl (C=O) groups is 1. The molecule has 0 atom stereocenters. The van der Waals surface area contributed by atoms with Crippen LogP contribution in [0, 0.1) is 6.92 Å². The Bertz CT molecular complexity index is 1310. The molecule has 1 saturated heterocycles. The highest BCUT2D eigenvalue weighted by molar-refractivity contribution is 5.94. The summed E-state index contributed by atoms with van der Waals surface area (Å²) in [5.41, 5.74) is 8.06. The highest BCUT2D eigenvalue weighted by Crippen LogP contribution is 2.39. The van der Waals surface area contributed by atoms with Gasteiger partial charge in [-0.25, -0.2) is 9.50 Å². The highest BCUT2D eigenvalue weighted by Gasteiger charge is 2.24. The molecule has 7 nitrogen and oxygen atoms in total. The molecule has 0 saturated carbocycles. The number of aryl methyl sites for hydroxylation is 1. The Morgan fingerprint density at radius 3 is 2.73 bits per heavy atom. The quantitative estimate of drug-likeness (QED) is 0.483. The molecular weight excluding hydrogens is 412 g/mol. The average Bonchev–Trinajstić information content (AvgIpc) is 3.45. The molecule has 0 bridgehead atoms. The Kier molecular flexibility index (Phi) is 5.66. The van der Waals surface area contributed by atoms with Gasteiger partial charge >= 0.3 is 0 Å². The summed E-state index contributed by atoms with van der Waals surface area (Å²) in [6.07, 6.45) is 3.78. The number of fused-ring (bicyclic) bond motifs is 2. The van der Waals surface area contributed by atoms with Gasteiger partial charge in [-0.3, -0.25) is 9.69 Å². The maximum absolute atomic E-state index is 11.7. The maximum atomic E-state index is 11.7. The largest absolute Gasteiger partial charge is 0.358 e. The Hall–Kier alpha value is -3.19. The van der Waals surface area contributed by atoms with E-state index in [4.69, 9.17) is 0 Å². The summed E-state index contributed by atoms with van der Waals surface area (Å²) in [6, 6.07) is 11.1. The number of pyridine rings is 1. The van der Waals surface area contributed by atoms with Crippen LogP contribution in [0.15, 0.2) is 36.7 Å². The summed E-state index contributed by atoms with van der Waals surface area (Å²) in [4.78, 5) is 22.2. The van der Waals surface area contributed by atoms with Gasteiger partial charge in [0.25, 0.3) is 0 Å². The average molecular weight is 445 g/mol. The third kappa shape index (κ3) is 3.91. The third-order valence-electron chi connectivity index (χ3n) is 7.03. The van der Waals surface area contributed by atoms with E-state index in [1.54, 1.807) is 13.4 Å². The topological polar surface area (TPSA) is 78.3 Å². The number of rotatable bonds is 5. The molecule has 3 aromatic heterocycles. The minimum Gasteiger partial charge on any atom is -0.358 e. The number of H-pyrrole nitrogens is 1. The first kappa shape index (κ1) is 21.6. The number of carbonyl (C=O) groups excluding carboxylic acids is 1. The summed E-state index contributed by atoms with van der Waals surface area (Å²) >= 11 is 0. The fraction of sp³-hybridized carbons (Fsp3) is 0.423.